The largest absolute Gasteiger partial charge is 0.509 e. The summed E-state index contributed by atoms with van der Waals surface area (Å²) in [5, 5.41) is 19.5. The summed E-state index contributed by atoms with van der Waals surface area (Å²) >= 11 is 0. The Morgan fingerprint density at radius 3 is 2.58 bits per heavy atom. The van der Waals surface area contributed by atoms with Gasteiger partial charge in [-0.05, 0) is 56.3 Å². The van der Waals surface area contributed by atoms with Crippen LogP contribution in [0.2, 0.25) is 0 Å². The van der Waals surface area contributed by atoms with E-state index < -0.39 is 0 Å². The number of aromatic nitrogens is 2. The molecule has 0 aliphatic carbocycles. The molecule has 7 nitrogen and oxygen atoms in total. The average Bonchev–Trinajstić information content (AvgIpc) is 3.29. The number of hydrogen-bond donors (Lipinski definition) is 3. The van der Waals surface area contributed by atoms with E-state index in [1.807, 2.05) is 30.9 Å². The van der Waals surface area contributed by atoms with E-state index in [0.717, 1.165) is 54.0 Å². The molecular weight excluding hydrogens is 388 g/mol. The van der Waals surface area contributed by atoms with Crippen molar-refractivity contribution in [3.05, 3.63) is 59.1 Å². The lowest BCUT2D eigenvalue weighted by Crippen LogP contribution is -2.44. The van der Waals surface area contributed by atoms with Crippen LogP contribution in [-0.2, 0) is 0 Å². The van der Waals surface area contributed by atoms with Crippen LogP contribution in [-0.4, -0.2) is 65.6 Å². The molecule has 0 radical (unpaired) electrons. The number of imidazole rings is 1. The first-order valence-electron chi connectivity index (χ1n) is 10.7. The molecule has 0 unspecified atom stereocenters. The van der Waals surface area contributed by atoms with Crippen molar-refractivity contribution >= 4 is 33.8 Å². The number of aliphatic hydroxyl groups is 1. The fourth-order valence-corrected chi connectivity index (χ4v) is 4.42. The average molecular weight is 417 g/mol. The molecule has 0 atom stereocenters. The van der Waals surface area contributed by atoms with Crippen LogP contribution in [0.5, 0.6) is 0 Å². The van der Waals surface area contributed by atoms with Crippen LogP contribution in [0.3, 0.4) is 0 Å². The lowest BCUT2D eigenvalue weighted by atomic mass is 10.1. The van der Waals surface area contributed by atoms with Crippen LogP contribution in [0.25, 0.3) is 16.6 Å². The van der Waals surface area contributed by atoms with Gasteiger partial charge >= 0.3 is 0 Å². The zero-order valence-electron chi connectivity index (χ0n) is 18.2. The molecule has 0 saturated carbocycles. The number of hydrogen-bond acceptors (Lipinski definition) is 5. The Labute approximate surface area is 182 Å². The molecule has 3 heterocycles. The van der Waals surface area contributed by atoms with Crippen molar-refractivity contribution in [1.82, 2.24) is 14.9 Å². The van der Waals surface area contributed by atoms with Gasteiger partial charge in [-0.2, -0.15) is 0 Å². The van der Waals surface area contributed by atoms with Gasteiger partial charge in [0.25, 0.3) is 0 Å². The predicted octanol–water partition coefficient (Wildman–Crippen LogP) is 3.70. The molecule has 7 heteroatoms. The minimum absolute atomic E-state index is 0.171. The molecule has 1 fully saturated rings. The lowest BCUT2D eigenvalue weighted by molar-refractivity contribution is 0.313. The summed E-state index contributed by atoms with van der Waals surface area (Å²) in [5.41, 5.74) is 6.55. The molecule has 3 aromatic rings. The Morgan fingerprint density at radius 2 is 1.81 bits per heavy atom. The molecule has 3 N–H and O–H groups in total. The van der Waals surface area contributed by atoms with Crippen LogP contribution in [0.4, 0.5) is 11.4 Å². The highest BCUT2D eigenvalue weighted by molar-refractivity contribution is 6.30. The first kappa shape index (κ1) is 19.6. The van der Waals surface area contributed by atoms with E-state index in [9.17, 15) is 5.11 Å². The number of aromatic amines is 1. The lowest BCUT2D eigenvalue weighted by Gasteiger charge is -2.34. The monoisotopic (exact) mass is 416 g/mol. The number of rotatable bonds is 3. The van der Waals surface area contributed by atoms with E-state index >= 15 is 0 Å². The molecule has 1 saturated heterocycles. The van der Waals surface area contributed by atoms with E-state index in [1.54, 1.807) is 0 Å². The molecular formula is C24H28N6O. The van der Waals surface area contributed by atoms with Crippen molar-refractivity contribution in [3.8, 4) is 0 Å². The number of anilines is 2. The number of aliphatic hydroxyl groups excluding tert-OH is 1. The van der Waals surface area contributed by atoms with Crippen LogP contribution < -0.4 is 9.80 Å². The normalized spacial score (nSPS) is 18.0. The summed E-state index contributed by atoms with van der Waals surface area (Å²) in [6.45, 7) is 8.46. The quantitative estimate of drug-likeness (QED) is 0.607. The van der Waals surface area contributed by atoms with Gasteiger partial charge in [-0.15, -0.1) is 0 Å². The van der Waals surface area contributed by atoms with Gasteiger partial charge in [0.05, 0.1) is 23.2 Å². The maximum Gasteiger partial charge on any atom is 0.145 e. The first-order valence-corrected chi connectivity index (χ1v) is 10.7. The summed E-state index contributed by atoms with van der Waals surface area (Å²) in [5.74, 6) is 0.981. The molecule has 2 aliphatic rings. The summed E-state index contributed by atoms with van der Waals surface area (Å²) in [7, 11) is 2.15. The topological polar surface area (TPSA) is 82.5 Å². The highest BCUT2D eigenvalue weighted by Gasteiger charge is 2.32. The highest BCUT2D eigenvalue weighted by Crippen LogP contribution is 2.33. The van der Waals surface area contributed by atoms with E-state index in [-0.39, 0.29) is 18.1 Å². The van der Waals surface area contributed by atoms with Crippen molar-refractivity contribution in [1.29, 1.82) is 5.41 Å². The minimum atomic E-state index is 0.171. The van der Waals surface area contributed by atoms with Crippen LogP contribution in [0.15, 0.2) is 42.2 Å². The van der Waals surface area contributed by atoms with Crippen molar-refractivity contribution in [2.24, 2.45) is 0 Å². The van der Waals surface area contributed by atoms with Gasteiger partial charge < -0.3 is 24.8 Å². The van der Waals surface area contributed by atoms with E-state index in [4.69, 9.17) is 10.4 Å². The first-order chi connectivity index (χ1) is 14.9. The van der Waals surface area contributed by atoms with Gasteiger partial charge in [0.15, 0.2) is 0 Å². The number of aryl methyl sites for hydroxylation is 2. The van der Waals surface area contributed by atoms with E-state index in [0.29, 0.717) is 11.4 Å². The van der Waals surface area contributed by atoms with Gasteiger partial charge in [-0.3, -0.25) is 5.41 Å². The Bertz CT molecular complexity index is 1200. The van der Waals surface area contributed by atoms with Crippen LogP contribution >= 0.6 is 0 Å². The molecule has 0 spiro atoms. The third-order valence-corrected chi connectivity index (χ3v) is 6.33. The molecule has 160 valence electrons. The fourth-order valence-electron chi connectivity index (χ4n) is 4.42. The Kier molecular flexibility index (Phi) is 4.70. The Balaban J connectivity index is 1.45. The number of nitrogens with one attached hydrogen (secondary N) is 2. The predicted molar refractivity (Wildman–Crippen MR) is 126 cm³/mol. The SMILES string of the molecule is Cc1ccc(C)c(N2CC(O)=C(c3nc4ccc(N5CCN(C)CC5)cc4[nH]3)C2=N)c1. The van der Waals surface area contributed by atoms with E-state index in [2.05, 4.69) is 46.1 Å². The summed E-state index contributed by atoms with van der Waals surface area (Å²) in [4.78, 5) is 14.6. The van der Waals surface area contributed by atoms with Crippen molar-refractivity contribution in [3.63, 3.8) is 0 Å². The molecule has 1 aromatic heterocycles. The van der Waals surface area contributed by atoms with E-state index in [1.165, 1.54) is 5.69 Å². The summed E-state index contributed by atoms with van der Waals surface area (Å²) in [6.07, 6.45) is 0. The molecule has 5 rings (SSSR count). The molecule has 0 bridgehead atoms. The third-order valence-electron chi connectivity index (χ3n) is 6.33. The highest BCUT2D eigenvalue weighted by atomic mass is 16.3. The van der Waals surface area contributed by atoms with Gasteiger partial charge in [0.1, 0.15) is 17.4 Å². The summed E-state index contributed by atoms with van der Waals surface area (Å²) < 4.78 is 0. The van der Waals surface area contributed by atoms with Gasteiger partial charge in [0.2, 0.25) is 0 Å². The second-order valence-corrected chi connectivity index (χ2v) is 8.62. The summed E-state index contributed by atoms with van der Waals surface area (Å²) in [6, 6.07) is 12.4. The van der Waals surface area contributed by atoms with Gasteiger partial charge in [-0.1, -0.05) is 12.1 Å². The smallest absolute Gasteiger partial charge is 0.145 e. The van der Waals surface area contributed by atoms with Crippen LogP contribution in [0, 0.1) is 19.3 Å². The second-order valence-electron chi connectivity index (χ2n) is 8.62. The molecule has 2 aliphatic heterocycles. The number of amidine groups is 1. The van der Waals surface area contributed by atoms with Crippen molar-refractivity contribution < 1.29 is 5.11 Å². The Hall–Kier alpha value is -3.32. The van der Waals surface area contributed by atoms with Crippen molar-refractivity contribution in [2.75, 3.05) is 49.6 Å². The number of piperazine rings is 1. The number of likely N-dealkylation sites (N-methyl/N-ethyl adjacent to an activating group) is 1. The molecule has 2 aromatic carbocycles. The maximum atomic E-state index is 10.7. The zero-order valence-corrected chi connectivity index (χ0v) is 18.2. The Morgan fingerprint density at radius 1 is 1.03 bits per heavy atom. The molecule has 31 heavy (non-hydrogen) atoms. The minimum Gasteiger partial charge on any atom is -0.509 e. The number of nitrogens with zero attached hydrogens (tertiary/aromatic N) is 4. The number of H-pyrrole nitrogens is 1. The van der Waals surface area contributed by atoms with Gasteiger partial charge in [-0.25, -0.2) is 4.98 Å². The second kappa shape index (κ2) is 7.42. The number of fused-ring (bicyclic) bond motifs is 1. The standard InChI is InChI=1S/C24H28N6O/c1-15-4-5-16(2)20(12-15)30-14-21(31)22(23(30)25)24-26-18-7-6-17(13-19(18)27-24)29-10-8-28(3)9-11-29/h4-7,12-13,25,31H,8-11,14H2,1-3H3,(H,26,27). The fraction of sp³-hybridized carbons (Fsp3) is 0.333. The third kappa shape index (κ3) is 3.45. The zero-order chi connectivity index (χ0) is 21.7. The maximum absolute atomic E-state index is 10.7. The van der Waals surface area contributed by atoms with Crippen LogP contribution in [0.1, 0.15) is 17.0 Å². The van der Waals surface area contributed by atoms with Crippen molar-refractivity contribution in [2.45, 2.75) is 13.8 Å². The van der Waals surface area contributed by atoms with Gasteiger partial charge in [0, 0.05) is 37.6 Å². The molecule has 0 amide bonds. The number of benzene rings is 2.